The average Bonchev–Trinajstić information content (AvgIpc) is 2.87. The Labute approximate surface area is 145 Å². The van der Waals surface area contributed by atoms with Gasteiger partial charge >= 0.3 is 0 Å². The second-order valence-electron chi connectivity index (χ2n) is 5.43. The van der Waals surface area contributed by atoms with Crippen molar-refractivity contribution in [2.24, 2.45) is 0 Å². The maximum atomic E-state index is 8.66. The van der Waals surface area contributed by atoms with Crippen LogP contribution in [0.2, 0.25) is 5.28 Å². The van der Waals surface area contributed by atoms with Crippen molar-refractivity contribution in [3.05, 3.63) is 50.0 Å². The van der Waals surface area contributed by atoms with Gasteiger partial charge < -0.3 is 0 Å². The van der Waals surface area contributed by atoms with E-state index in [1.807, 2.05) is 24.3 Å². The van der Waals surface area contributed by atoms with Crippen LogP contribution in [-0.2, 0) is 12.8 Å². The van der Waals surface area contributed by atoms with Crippen LogP contribution in [0.3, 0.4) is 0 Å². The maximum Gasteiger partial charge on any atom is 0.210 e. The second-order valence-corrected chi connectivity index (χ2v) is 7.77. The third kappa shape index (κ3) is 2.23. The first-order valence-electron chi connectivity index (χ1n) is 7.18. The number of nitrogens with one attached hydrogen (secondary N) is 1. The highest BCUT2D eigenvalue weighted by molar-refractivity contribution is 9.10. The van der Waals surface area contributed by atoms with Crippen LogP contribution in [0, 0.1) is 5.41 Å². The van der Waals surface area contributed by atoms with E-state index in [0.29, 0.717) is 10.8 Å². The SMILES string of the molecule is N=c1c2c3c(sc2nc(Cl)n1-c1ccc(Br)cc1)CCCC3. The number of fused-ring (bicyclic) bond motifs is 3. The minimum absolute atomic E-state index is 0.346. The molecular formula is C16H13BrClN3S. The van der Waals surface area contributed by atoms with Crippen LogP contribution in [0.1, 0.15) is 23.3 Å². The molecule has 2 aromatic heterocycles. The highest BCUT2D eigenvalue weighted by atomic mass is 79.9. The lowest BCUT2D eigenvalue weighted by atomic mass is 9.97. The Hall–Kier alpha value is -1.17. The first-order valence-corrected chi connectivity index (χ1v) is 9.17. The molecule has 0 unspecified atom stereocenters. The average molecular weight is 395 g/mol. The number of thiophene rings is 1. The van der Waals surface area contributed by atoms with Crippen molar-refractivity contribution in [2.45, 2.75) is 25.7 Å². The highest BCUT2D eigenvalue weighted by Gasteiger charge is 2.20. The topological polar surface area (TPSA) is 41.7 Å². The number of rotatable bonds is 1. The summed E-state index contributed by atoms with van der Waals surface area (Å²) < 4.78 is 2.72. The molecule has 0 spiro atoms. The lowest BCUT2D eigenvalue weighted by molar-refractivity contribution is 0.699. The molecule has 1 aromatic carbocycles. The van der Waals surface area contributed by atoms with Crippen molar-refractivity contribution < 1.29 is 0 Å². The van der Waals surface area contributed by atoms with Crippen LogP contribution >= 0.6 is 38.9 Å². The first kappa shape index (κ1) is 14.4. The van der Waals surface area contributed by atoms with Gasteiger partial charge in [-0.05, 0) is 67.1 Å². The fourth-order valence-electron chi connectivity index (χ4n) is 3.04. The van der Waals surface area contributed by atoms with Crippen LogP contribution in [-0.4, -0.2) is 9.55 Å². The van der Waals surface area contributed by atoms with Gasteiger partial charge in [0.05, 0.1) is 11.1 Å². The van der Waals surface area contributed by atoms with Crippen molar-refractivity contribution in [3.8, 4) is 5.69 Å². The van der Waals surface area contributed by atoms with Crippen LogP contribution in [0.15, 0.2) is 28.7 Å². The summed E-state index contributed by atoms with van der Waals surface area (Å²) in [7, 11) is 0. The van der Waals surface area contributed by atoms with Gasteiger partial charge in [-0.15, -0.1) is 11.3 Å². The zero-order valence-electron chi connectivity index (χ0n) is 11.7. The molecule has 1 aliphatic carbocycles. The summed E-state index contributed by atoms with van der Waals surface area (Å²) >= 11 is 11.5. The fourth-order valence-corrected chi connectivity index (χ4v) is 4.88. The predicted octanol–water partition coefficient (Wildman–Crippen LogP) is 4.86. The van der Waals surface area contributed by atoms with Crippen LogP contribution < -0.4 is 5.49 Å². The van der Waals surface area contributed by atoms with E-state index in [-0.39, 0.29) is 0 Å². The zero-order valence-corrected chi connectivity index (χ0v) is 14.9. The molecule has 4 rings (SSSR count). The van der Waals surface area contributed by atoms with Crippen LogP contribution in [0.4, 0.5) is 0 Å². The number of nitrogens with zero attached hydrogens (tertiary/aromatic N) is 2. The standard InChI is InChI=1S/C16H13BrClN3S/c17-9-5-7-10(8-6-9)21-14(19)13-11-3-1-2-4-12(11)22-15(13)20-16(21)18/h5-8,19H,1-4H2. The Bertz CT molecular complexity index is 927. The summed E-state index contributed by atoms with van der Waals surface area (Å²) in [4.78, 5) is 6.84. The molecule has 1 aliphatic rings. The number of benzene rings is 1. The van der Waals surface area contributed by atoms with Crippen molar-refractivity contribution in [2.75, 3.05) is 0 Å². The lowest BCUT2D eigenvalue weighted by Gasteiger charge is -2.12. The molecule has 112 valence electrons. The maximum absolute atomic E-state index is 8.66. The van der Waals surface area contributed by atoms with Gasteiger partial charge in [-0.25, -0.2) is 4.98 Å². The quantitative estimate of drug-likeness (QED) is 0.588. The molecule has 0 aliphatic heterocycles. The molecule has 0 atom stereocenters. The molecular weight excluding hydrogens is 382 g/mol. The molecule has 22 heavy (non-hydrogen) atoms. The van der Waals surface area contributed by atoms with E-state index in [1.54, 1.807) is 15.9 Å². The number of aryl methyl sites for hydroxylation is 2. The number of aromatic nitrogens is 2. The molecule has 0 radical (unpaired) electrons. The first-order chi connectivity index (χ1) is 10.6. The van der Waals surface area contributed by atoms with E-state index in [4.69, 9.17) is 17.0 Å². The summed E-state index contributed by atoms with van der Waals surface area (Å²) in [5.74, 6) is 0. The van der Waals surface area contributed by atoms with Gasteiger partial charge in [0.1, 0.15) is 10.3 Å². The summed E-state index contributed by atoms with van der Waals surface area (Å²) in [6, 6.07) is 7.79. The monoisotopic (exact) mass is 393 g/mol. The van der Waals surface area contributed by atoms with Crippen molar-refractivity contribution in [3.63, 3.8) is 0 Å². The summed E-state index contributed by atoms with van der Waals surface area (Å²) in [5, 5.41) is 9.99. The normalized spacial score (nSPS) is 14.3. The number of halogens is 2. The van der Waals surface area contributed by atoms with E-state index < -0.39 is 0 Å². The van der Waals surface area contributed by atoms with E-state index in [1.165, 1.54) is 23.3 Å². The van der Waals surface area contributed by atoms with E-state index in [0.717, 1.165) is 33.2 Å². The minimum atomic E-state index is 0.346. The van der Waals surface area contributed by atoms with Gasteiger partial charge in [0.25, 0.3) is 0 Å². The Morgan fingerprint density at radius 1 is 1.18 bits per heavy atom. The van der Waals surface area contributed by atoms with E-state index >= 15 is 0 Å². The number of hydrogen-bond donors (Lipinski definition) is 1. The van der Waals surface area contributed by atoms with Gasteiger partial charge in [0.2, 0.25) is 5.28 Å². The van der Waals surface area contributed by atoms with Gasteiger partial charge in [0.15, 0.2) is 0 Å². The van der Waals surface area contributed by atoms with Crippen molar-refractivity contribution >= 4 is 49.1 Å². The Balaban J connectivity index is 2.03. The lowest BCUT2D eigenvalue weighted by Crippen LogP contribution is -2.21. The van der Waals surface area contributed by atoms with Crippen molar-refractivity contribution in [1.82, 2.24) is 9.55 Å². The molecule has 6 heteroatoms. The highest BCUT2D eigenvalue weighted by Crippen LogP contribution is 2.34. The molecule has 0 fully saturated rings. The van der Waals surface area contributed by atoms with Crippen molar-refractivity contribution in [1.29, 1.82) is 5.41 Å². The van der Waals surface area contributed by atoms with E-state index in [9.17, 15) is 0 Å². The molecule has 0 amide bonds. The summed E-state index contributed by atoms with van der Waals surface area (Å²) in [6.45, 7) is 0. The molecule has 1 N–H and O–H groups in total. The Morgan fingerprint density at radius 3 is 2.68 bits per heavy atom. The molecule has 3 aromatic rings. The van der Waals surface area contributed by atoms with Gasteiger partial charge in [-0.1, -0.05) is 15.9 Å². The molecule has 2 heterocycles. The predicted molar refractivity (Wildman–Crippen MR) is 94.2 cm³/mol. The third-order valence-electron chi connectivity index (χ3n) is 4.08. The molecule has 3 nitrogen and oxygen atoms in total. The third-order valence-corrected chi connectivity index (χ3v) is 6.04. The Kier molecular flexibility index (Phi) is 3.59. The van der Waals surface area contributed by atoms with Gasteiger partial charge in [0, 0.05) is 9.35 Å². The van der Waals surface area contributed by atoms with Crippen LogP contribution in [0.5, 0.6) is 0 Å². The number of hydrogen-bond acceptors (Lipinski definition) is 3. The zero-order chi connectivity index (χ0) is 15.3. The summed E-state index contributed by atoms with van der Waals surface area (Å²) in [6.07, 6.45) is 4.57. The second kappa shape index (κ2) is 5.48. The molecule has 0 saturated carbocycles. The van der Waals surface area contributed by atoms with Gasteiger partial charge in [-0.2, -0.15) is 0 Å². The Morgan fingerprint density at radius 2 is 1.91 bits per heavy atom. The van der Waals surface area contributed by atoms with Gasteiger partial charge in [-0.3, -0.25) is 9.98 Å². The fraction of sp³-hybridized carbons (Fsp3) is 0.250. The summed E-state index contributed by atoms with van der Waals surface area (Å²) in [5.41, 5.74) is 2.62. The molecule has 0 saturated heterocycles. The molecule has 0 bridgehead atoms. The van der Waals surface area contributed by atoms with E-state index in [2.05, 4.69) is 20.9 Å². The largest absolute Gasteiger partial charge is 0.283 e. The van der Waals surface area contributed by atoms with Crippen LogP contribution in [0.25, 0.3) is 15.9 Å². The smallest absolute Gasteiger partial charge is 0.210 e. The minimum Gasteiger partial charge on any atom is -0.283 e.